The Labute approximate surface area is 456 Å². The van der Waals surface area contributed by atoms with E-state index in [0.29, 0.717) is 49.4 Å². The van der Waals surface area contributed by atoms with Gasteiger partial charge in [-0.1, -0.05) is 88.0 Å². The number of thiazole rings is 1. The lowest BCUT2D eigenvalue weighted by molar-refractivity contribution is -0.144. The monoisotopic (exact) mass is 1100 g/mol. The van der Waals surface area contributed by atoms with Crippen molar-refractivity contribution in [2.45, 2.75) is 148 Å². The standard InChI is InChI=1S/C56H74ClN9O8S2/c1-34(2)76(72,73)47-19-17-16-18-43(47)61-52-42(57)31-58-55(64-52)62-44-28-35(3)40(29-46(44)74-10)26-27-65(9)49(69)21-15-13-11-12-14-20-48(68)63-51(56(6,7)8)54(71)66-32-41(67)30-45(66)53(70)60-36(4)38-22-24-39(25-23-38)50-37(5)59-33-75-50/h16-19,22-25,28-29,31,33-34,36,41,45,51,67H,11-15,20-21,26-27,30,32H2,1-10H3,(H,60,70)(H,63,68)(H2,58,61,62,64)/t36-,41+,45-,51+/m0/s1. The van der Waals surface area contributed by atoms with E-state index in [1.54, 1.807) is 68.5 Å². The fourth-order valence-electron chi connectivity index (χ4n) is 9.05. The number of benzene rings is 3. The van der Waals surface area contributed by atoms with Crippen molar-refractivity contribution in [3.63, 3.8) is 0 Å². The number of hydrogen-bond donors (Lipinski definition) is 5. The van der Waals surface area contributed by atoms with Crippen LogP contribution < -0.4 is 26.0 Å². The number of nitrogens with zero attached hydrogens (tertiary/aromatic N) is 5. The van der Waals surface area contributed by atoms with Gasteiger partial charge in [-0.15, -0.1) is 11.3 Å². The first-order valence-corrected chi connectivity index (χ1v) is 28.7. The summed E-state index contributed by atoms with van der Waals surface area (Å²) in [4.78, 5) is 71.9. The summed E-state index contributed by atoms with van der Waals surface area (Å²) >= 11 is 8.04. The first-order valence-electron chi connectivity index (χ1n) is 25.9. The summed E-state index contributed by atoms with van der Waals surface area (Å²) in [5, 5.41) is 22.5. The van der Waals surface area contributed by atoms with Crippen molar-refractivity contribution in [1.82, 2.24) is 35.4 Å². The molecular formula is C56H74ClN9O8S2. The molecule has 1 aliphatic rings. The molecule has 3 aromatic carbocycles. The van der Waals surface area contributed by atoms with E-state index in [2.05, 4.69) is 36.2 Å². The maximum absolute atomic E-state index is 14.1. The van der Waals surface area contributed by atoms with E-state index in [1.165, 1.54) is 11.1 Å². The van der Waals surface area contributed by atoms with Crippen LogP contribution in [0, 0.1) is 19.3 Å². The summed E-state index contributed by atoms with van der Waals surface area (Å²) in [6.45, 7) is 15.2. The normalized spacial score (nSPS) is 15.5. The maximum atomic E-state index is 14.1. The van der Waals surface area contributed by atoms with Crippen LogP contribution in [0.25, 0.3) is 10.4 Å². The molecule has 0 saturated carbocycles. The number of carbonyl (C=O) groups is 4. The van der Waals surface area contributed by atoms with Crippen molar-refractivity contribution in [3.8, 4) is 16.2 Å². The van der Waals surface area contributed by atoms with Crippen LogP contribution in [-0.4, -0.2) is 113 Å². The Balaban J connectivity index is 0.917. The highest BCUT2D eigenvalue weighted by atomic mass is 35.5. The van der Waals surface area contributed by atoms with E-state index in [0.717, 1.165) is 52.1 Å². The summed E-state index contributed by atoms with van der Waals surface area (Å²) < 4.78 is 31.8. The van der Waals surface area contributed by atoms with Gasteiger partial charge in [-0.3, -0.25) is 19.2 Å². The van der Waals surface area contributed by atoms with Gasteiger partial charge in [-0.2, -0.15) is 4.98 Å². The van der Waals surface area contributed by atoms with Crippen LogP contribution >= 0.6 is 22.9 Å². The summed E-state index contributed by atoms with van der Waals surface area (Å²) in [5.41, 5.74) is 6.97. The Morgan fingerprint density at radius 2 is 1.61 bits per heavy atom. The number of ether oxygens (including phenoxy) is 1. The minimum atomic E-state index is -3.60. The average Bonchev–Trinajstić information content (AvgIpc) is 4.00. The molecule has 0 radical (unpaired) electrons. The van der Waals surface area contributed by atoms with Gasteiger partial charge in [0.05, 0.1) is 63.1 Å². The minimum absolute atomic E-state index is 0.00375. The predicted octanol–water partition coefficient (Wildman–Crippen LogP) is 9.65. The van der Waals surface area contributed by atoms with Crippen LogP contribution in [0.5, 0.6) is 5.75 Å². The van der Waals surface area contributed by atoms with Gasteiger partial charge < -0.3 is 40.9 Å². The van der Waals surface area contributed by atoms with E-state index in [-0.39, 0.29) is 64.8 Å². The third kappa shape index (κ3) is 15.3. The smallest absolute Gasteiger partial charge is 0.246 e. The first-order chi connectivity index (χ1) is 36.0. The molecule has 4 atom stereocenters. The topological polar surface area (TPSA) is 225 Å². The Kier molecular flexibility index (Phi) is 20.4. The number of methoxy groups -OCH3 is 1. The zero-order chi connectivity index (χ0) is 55.5. The highest BCUT2D eigenvalue weighted by Gasteiger charge is 2.44. The van der Waals surface area contributed by atoms with Crippen molar-refractivity contribution in [3.05, 3.63) is 99.8 Å². The number of para-hydroxylation sites is 1. The van der Waals surface area contributed by atoms with E-state index in [9.17, 15) is 32.7 Å². The maximum Gasteiger partial charge on any atom is 0.246 e. The molecule has 1 saturated heterocycles. The molecule has 6 rings (SSSR count). The molecule has 0 bridgehead atoms. The number of anilines is 4. The number of carbonyl (C=O) groups excluding carboxylic acids is 4. The SMILES string of the molecule is COc1cc(CCN(C)C(=O)CCCCCCCC(=O)N[C@H](C(=O)N2C[C@H](O)C[C@H]2C(=O)N[C@@H](C)c2ccc(-c3scnc3C)cc2)C(C)(C)C)c(C)cc1Nc1ncc(Cl)c(Nc2ccccc2S(=O)(=O)C(C)C)n1. The molecule has 4 amide bonds. The summed E-state index contributed by atoms with van der Waals surface area (Å²) in [7, 11) is -0.236. The van der Waals surface area contributed by atoms with Gasteiger partial charge in [0.2, 0.25) is 29.6 Å². The summed E-state index contributed by atoms with van der Waals surface area (Å²) in [5.74, 6) is 0.00187. The number of likely N-dealkylation sites (N-methyl/N-ethyl adjacent to an activating group) is 1. The number of aliphatic hydroxyl groups excluding tert-OH is 1. The average molecular weight is 1100 g/mol. The van der Waals surface area contributed by atoms with Gasteiger partial charge in [-0.25, -0.2) is 18.4 Å². The number of unbranched alkanes of at least 4 members (excludes halogenated alkanes) is 4. The number of aliphatic hydroxyl groups is 1. The number of hydrogen-bond acceptors (Lipinski definition) is 14. The van der Waals surface area contributed by atoms with Gasteiger partial charge >= 0.3 is 0 Å². The molecular weight excluding hydrogens is 1030 g/mol. The quantitative estimate of drug-likeness (QED) is 0.0363. The lowest BCUT2D eigenvalue weighted by atomic mass is 9.85. The first kappa shape index (κ1) is 59.1. The molecule has 5 N–H and O–H groups in total. The molecule has 0 unspecified atom stereocenters. The number of amides is 4. The molecule has 0 spiro atoms. The largest absolute Gasteiger partial charge is 0.495 e. The molecule has 20 heteroatoms. The Morgan fingerprint density at radius 1 is 0.921 bits per heavy atom. The number of sulfone groups is 1. The van der Waals surface area contributed by atoms with E-state index >= 15 is 0 Å². The van der Waals surface area contributed by atoms with Crippen LogP contribution in [0.2, 0.25) is 5.02 Å². The number of aryl methyl sites for hydroxylation is 2. The Morgan fingerprint density at radius 3 is 2.26 bits per heavy atom. The molecule has 17 nitrogen and oxygen atoms in total. The van der Waals surface area contributed by atoms with Crippen LogP contribution in [0.1, 0.15) is 121 Å². The third-order valence-corrected chi connectivity index (χ3v) is 17.2. The highest BCUT2D eigenvalue weighted by Crippen LogP contribution is 2.35. The number of likely N-dealkylation sites (tertiary alicyclic amines) is 1. The summed E-state index contributed by atoms with van der Waals surface area (Å²) in [6.07, 6.45) is 5.67. The number of aromatic nitrogens is 3. The lowest BCUT2D eigenvalue weighted by Gasteiger charge is -2.35. The zero-order valence-electron chi connectivity index (χ0n) is 45.3. The molecule has 410 valence electrons. The molecule has 1 fully saturated rings. The van der Waals surface area contributed by atoms with E-state index < -0.39 is 44.6 Å². The van der Waals surface area contributed by atoms with Crippen molar-refractivity contribution in [1.29, 1.82) is 0 Å². The Bertz CT molecular complexity index is 2950. The third-order valence-electron chi connectivity index (χ3n) is 13.7. The number of nitrogens with one attached hydrogen (secondary N) is 4. The van der Waals surface area contributed by atoms with Crippen molar-refractivity contribution >= 4 is 79.5 Å². The van der Waals surface area contributed by atoms with E-state index in [1.807, 2.05) is 83.5 Å². The number of halogens is 1. The molecule has 2 aromatic heterocycles. The molecule has 5 aromatic rings. The van der Waals surface area contributed by atoms with Crippen LogP contribution in [0.15, 0.2) is 77.3 Å². The number of β-amino-alcohol motifs (C(OH)–C–C–N with tert-alkyl or cyclic N) is 1. The second kappa shape index (κ2) is 26.3. The van der Waals surface area contributed by atoms with Gasteiger partial charge in [-0.05, 0) is 106 Å². The van der Waals surface area contributed by atoms with Crippen molar-refractivity contribution in [2.24, 2.45) is 5.41 Å². The van der Waals surface area contributed by atoms with Gasteiger partial charge in [0.25, 0.3) is 0 Å². The predicted molar refractivity (Wildman–Crippen MR) is 300 cm³/mol. The molecule has 1 aliphatic heterocycles. The van der Waals surface area contributed by atoms with Crippen LogP contribution in [0.3, 0.4) is 0 Å². The van der Waals surface area contributed by atoms with Crippen molar-refractivity contribution < 1.29 is 37.4 Å². The molecule has 76 heavy (non-hydrogen) atoms. The molecule has 3 heterocycles. The summed E-state index contributed by atoms with van der Waals surface area (Å²) in [6, 6.07) is 16.2. The lowest BCUT2D eigenvalue weighted by Crippen LogP contribution is -2.57. The highest BCUT2D eigenvalue weighted by molar-refractivity contribution is 7.92. The fraction of sp³-hybridized carbons (Fsp3) is 0.482. The molecule has 0 aliphatic carbocycles. The zero-order valence-corrected chi connectivity index (χ0v) is 47.7. The minimum Gasteiger partial charge on any atom is -0.495 e. The number of rotatable bonds is 24. The van der Waals surface area contributed by atoms with Crippen LogP contribution in [-0.2, 0) is 35.4 Å². The van der Waals surface area contributed by atoms with Gasteiger partial charge in [0, 0.05) is 39.4 Å². The second-order valence-corrected chi connectivity index (χ2v) is 24.7. The van der Waals surface area contributed by atoms with Crippen molar-refractivity contribution in [2.75, 3.05) is 37.9 Å². The van der Waals surface area contributed by atoms with E-state index in [4.69, 9.17) is 16.3 Å². The van der Waals surface area contributed by atoms with Crippen LogP contribution in [0.4, 0.5) is 23.1 Å². The fourth-order valence-corrected chi connectivity index (χ4v) is 11.2. The van der Waals surface area contributed by atoms with Gasteiger partial charge in [0.1, 0.15) is 22.9 Å². The van der Waals surface area contributed by atoms with Gasteiger partial charge in [0.15, 0.2) is 15.7 Å². The second-order valence-electron chi connectivity index (χ2n) is 20.9. The Hall–Kier alpha value is -6.15.